The van der Waals surface area contributed by atoms with Gasteiger partial charge in [-0.25, -0.2) is 8.78 Å². The first-order valence-corrected chi connectivity index (χ1v) is 11.6. The van der Waals surface area contributed by atoms with E-state index in [2.05, 4.69) is 17.0 Å². The molecule has 34 heavy (non-hydrogen) atoms. The minimum absolute atomic E-state index is 0.0918. The minimum atomic E-state index is -0.743. The van der Waals surface area contributed by atoms with Crippen LogP contribution >= 0.6 is 0 Å². The number of para-hydroxylation sites is 1. The van der Waals surface area contributed by atoms with Crippen molar-refractivity contribution in [3.63, 3.8) is 0 Å². The molecule has 1 saturated heterocycles. The number of piperidine rings is 1. The van der Waals surface area contributed by atoms with Gasteiger partial charge >= 0.3 is 0 Å². The van der Waals surface area contributed by atoms with E-state index < -0.39 is 11.6 Å². The van der Waals surface area contributed by atoms with Gasteiger partial charge in [0.2, 0.25) is 0 Å². The van der Waals surface area contributed by atoms with Gasteiger partial charge in [0.25, 0.3) is 5.56 Å². The van der Waals surface area contributed by atoms with Gasteiger partial charge < -0.3 is 9.74 Å². The smallest absolute Gasteiger partial charge is 0.255 e. The zero-order valence-corrected chi connectivity index (χ0v) is 19.7. The lowest BCUT2D eigenvalue weighted by atomic mass is 10.0. The third kappa shape index (κ3) is 5.09. The number of nitrogens with zero attached hydrogens (tertiary/aromatic N) is 3. The Kier molecular flexibility index (Phi) is 7.22. The largest absolute Gasteiger partial charge is 0.392 e. The second kappa shape index (κ2) is 10.3. The van der Waals surface area contributed by atoms with Crippen molar-refractivity contribution in [2.45, 2.75) is 39.7 Å². The van der Waals surface area contributed by atoms with Gasteiger partial charge in [-0.15, -0.1) is 0 Å². The van der Waals surface area contributed by atoms with Crippen molar-refractivity contribution in [3.8, 4) is 5.69 Å². The van der Waals surface area contributed by atoms with Gasteiger partial charge in [0.05, 0.1) is 5.69 Å². The molecule has 7 heteroatoms. The Balaban J connectivity index is 1.77. The van der Waals surface area contributed by atoms with Crippen LogP contribution in [0.15, 0.2) is 64.7 Å². The zero-order chi connectivity index (χ0) is 24.2. The number of benzene rings is 2. The Hall–Kier alpha value is -3.32. The van der Waals surface area contributed by atoms with Crippen LogP contribution in [0.2, 0.25) is 0 Å². The maximum absolute atomic E-state index is 14.8. The fourth-order valence-electron chi connectivity index (χ4n) is 4.38. The number of aryl methyl sites for hydroxylation is 2. The third-order valence-corrected chi connectivity index (χ3v) is 6.33. The highest BCUT2D eigenvalue weighted by molar-refractivity contribution is 6.12. The van der Waals surface area contributed by atoms with Crippen molar-refractivity contribution in [1.29, 1.82) is 0 Å². The maximum Gasteiger partial charge on any atom is 0.255 e. The molecule has 178 valence electrons. The molecule has 1 fully saturated rings. The summed E-state index contributed by atoms with van der Waals surface area (Å²) < 4.78 is 30.0. The lowest BCUT2D eigenvalue weighted by Crippen LogP contribution is -2.36. The maximum atomic E-state index is 14.8. The van der Waals surface area contributed by atoms with Crippen LogP contribution in [0.5, 0.6) is 0 Å². The van der Waals surface area contributed by atoms with Crippen molar-refractivity contribution in [2.24, 2.45) is 5.16 Å². The van der Waals surface area contributed by atoms with Crippen molar-refractivity contribution in [1.82, 2.24) is 9.47 Å². The van der Waals surface area contributed by atoms with Crippen LogP contribution in [0.4, 0.5) is 8.78 Å². The Bertz CT molecular complexity index is 1240. The number of pyridine rings is 1. The van der Waals surface area contributed by atoms with E-state index in [0.717, 1.165) is 55.4 Å². The second-order valence-corrected chi connectivity index (χ2v) is 8.67. The zero-order valence-electron chi connectivity index (χ0n) is 19.7. The molecule has 0 atom stereocenters. The molecule has 0 amide bonds. The van der Waals surface area contributed by atoms with Crippen molar-refractivity contribution in [2.75, 3.05) is 19.6 Å². The first kappa shape index (κ1) is 23.8. The molecule has 4 rings (SSSR count). The Morgan fingerprint density at radius 2 is 1.76 bits per heavy atom. The molecular weight excluding hydrogens is 436 g/mol. The SMILES string of the molecule is CCN1CCC(O/N=C(/c2ccc(=O)n(-c3c(C)cccc3C)c2)c2ccc(F)cc2F)CC1. The minimum Gasteiger partial charge on any atom is -0.392 e. The van der Waals surface area contributed by atoms with Crippen molar-refractivity contribution >= 4 is 5.71 Å². The average Bonchev–Trinajstić information content (AvgIpc) is 2.82. The monoisotopic (exact) mass is 465 g/mol. The molecule has 0 bridgehead atoms. The number of hydrogen-bond donors (Lipinski definition) is 0. The fraction of sp³-hybridized carbons (Fsp3) is 0.333. The number of hydrogen-bond acceptors (Lipinski definition) is 4. The van der Waals surface area contributed by atoms with E-state index >= 15 is 0 Å². The van der Waals surface area contributed by atoms with E-state index in [1.807, 2.05) is 32.0 Å². The van der Waals surface area contributed by atoms with Crippen LogP contribution in [0.1, 0.15) is 42.0 Å². The third-order valence-electron chi connectivity index (χ3n) is 6.33. The lowest BCUT2D eigenvalue weighted by Gasteiger charge is -2.29. The highest BCUT2D eigenvalue weighted by atomic mass is 19.1. The highest BCUT2D eigenvalue weighted by Crippen LogP contribution is 2.21. The molecule has 1 aliphatic heterocycles. The molecule has 1 aliphatic rings. The van der Waals surface area contributed by atoms with E-state index in [-0.39, 0.29) is 22.9 Å². The van der Waals surface area contributed by atoms with E-state index in [1.54, 1.807) is 12.3 Å². The summed E-state index contributed by atoms with van der Waals surface area (Å²) in [5, 5.41) is 4.36. The summed E-state index contributed by atoms with van der Waals surface area (Å²) in [6.45, 7) is 8.80. The van der Waals surface area contributed by atoms with Crippen LogP contribution in [0.3, 0.4) is 0 Å². The molecule has 0 spiro atoms. The molecule has 1 aromatic heterocycles. The van der Waals surface area contributed by atoms with Gasteiger partial charge in [-0.05, 0) is 62.6 Å². The number of halogens is 2. The fourth-order valence-corrected chi connectivity index (χ4v) is 4.38. The normalized spacial score (nSPS) is 15.5. The molecule has 2 heterocycles. The summed E-state index contributed by atoms with van der Waals surface area (Å²) in [5.74, 6) is -1.41. The summed E-state index contributed by atoms with van der Waals surface area (Å²) >= 11 is 0. The lowest BCUT2D eigenvalue weighted by molar-refractivity contribution is 0.0121. The summed E-state index contributed by atoms with van der Waals surface area (Å²) in [4.78, 5) is 21.0. The molecule has 0 saturated carbocycles. The molecule has 2 aromatic carbocycles. The Morgan fingerprint density at radius 1 is 1.06 bits per heavy atom. The summed E-state index contributed by atoms with van der Waals surface area (Å²) in [6, 6.07) is 12.2. The van der Waals surface area contributed by atoms with Gasteiger partial charge in [-0.1, -0.05) is 30.3 Å². The number of aromatic nitrogens is 1. The molecule has 0 radical (unpaired) electrons. The summed E-state index contributed by atoms with van der Waals surface area (Å²) in [6.07, 6.45) is 3.19. The van der Waals surface area contributed by atoms with Crippen molar-refractivity contribution < 1.29 is 13.6 Å². The molecule has 0 N–H and O–H groups in total. The van der Waals surface area contributed by atoms with Gasteiger partial charge in [0, 0.05) is 42.5 Å². The molecule has 5 nitrogen and oxygen atoms in total. The quantitative estimate of drug-likeness (QED) is 0.381. The molecule has 0 unspecified atom stereocenters. The highest BCUT2D eigenvalue weighted by Gasteiger charge is 2.21. The molecule has 3 aromatic rings. The number of rotatable bonds is 6. The van der Waals surface area contributed by atoms with E-state index in [1.165, 1.54) is 22.8 Å². The van der Waals surface area contributed by atoms with Gasteiger partial charge in [-0.2, -0.15) is 0 Å². The standard InChI is InChI=1S/C27H29F2N3O2/c1-4-31-14-12-22(13-15-31)34-30-26(23-10-9-21(28)16-24(23)29)20-8-11-25(33)32(17-20)27-18(2)6-5-7-19(27)3/h5-11,16-17,22H,4,12-15H2,1-3H3/b30-26-. The van der Waals surface area contributed by atoms with Crippen LogP contribution in [-0.4, -0.2) is 40.9 Å². The van der Waals surface area contributed by atoms with E-state index in [4.69, 9.17) is 4.84 Å². The number of oxime groups is 1. The topological polar surface area (TPSA) is 46.8 Å². The van der Waals surface area contributed by atoms with Gasteiger partial charge in [-0.3, -0.25) is 9.36 Å². The number of likely N-dealkylation sites (tertiary alicyclic amines) is 1. The second-order valence-electron chi connectivity index (χ2n) is 8.67. The molecule has 0 aliphatic carbocycles. The van der Waals surface area contributed by atoms with E-state index in [9.17, 15) is 13.6 Å². The van der Waals surface area contributed by atoms with Crippen LogP contribution in [0, 0.1) is 25.5 Å². The molecular formula is C27H29F2N3O2. The average molecular weight is 466 g/mol. The van der Waals surface area contributed by atoms with Gasteiger partial charge in [0.1, 0.15) is 23.5 Å². The van der Waals surface area contributed by atoms with Crippen molar-refractivity contribution in [3.05, 3.63) is 99.0 Å². The predicted octanol–water partition coefficient (Wildman–Crippen LogP) is 4.99. The van der Waals surface area contributed by atoms with Crippen LogP contribution in [0.25, 0.3) is 5.69 Å². The summed E-state index contributed by atoms with van der Waals surface area (Å²) in [7, 11) is 0. The van der Waals surface area contributed by atoms with Crippen LogP contribution in [-0.2, 0) is 4.84 Å². The predicted molar refractivity (Wildman–Crippen MR) is 130 cm³/mol. The van der Waals surface area contributed by atoms with E-state index in [0.29, 0.717) is 5.56 Å². The summed E-state index contributed by atoms with van der Waals surface area (Å²) in [5.41, 5.74) is 3.25. The van der Waals surface area contributed by atoms with Gasteiger partial charge in [0.15, 0.2) is 0 Å². The first-order chi connectivity index (χ1) is 16.4. The first-order valence-electron chi connectivity index (χ1n) is 11.6. The van der Waals surface area contributed by atoms with Crippen LogP contribution < -0.4 is 5.56 Å². The Morgan fingerprint density at radius 3 is 2.41 bits per heavy atom. The Labute approximate surface area is 198 Å².